The number of hydrogen-bond acceptors (Lipinski definition) is 3. The molecule has 1 heterocycles. The van der Waals surface area contributed by atoms with Gasteiger partial charge < -0.3 is 9.73 Å². The fourth-order valence-corrected chi connectivity index (χ4v) is 4.53. The molecule has 1 fully saturated rings. The molecule has 2 aromatic rings. The summed E-state index contributed by atoms with van der Waals surface area (Å²) >= 11 is 2.12. The van der Waals surface area contributed by atoms with Crippen LogP contribution < -0.4 is 5.32 Å². The zero-order chi connectivity index (χ0) is 14.7. The first-order valence-corrected chi connectivity index (χ1v) is 9.21. The van der Waals surface area contributed by atoms with Gasteiger partial charge in [-0.05, 0) is 31.1 Å². The van der Waals surface area contributed by atoms with Crippen molar-refractivity contribution >= 4 is 22.7 Å². The van der Waals surface area contributed by atoms with E-state index >= 15 is 0 Å². The van der Waals surface area contributed by atoms with Gasteiger partial charge in [0.2, 0.25) is 0 Å². The van der Waals surface area contributed by atoms with E-state index in [1.807, 2.05) is 6.07 Å². The third-order valence-electron chi connectivity index (χ3n) is 4.46. The first-order chi connectivity index (χ1) is 10.3. The molecule has 2 nitrogen and oxygen atoms in total. The van der Waals surface area contributed by atoms with Crippen LogP contribution in [0, 0.1) is 0 Å². The molecule has 21 heavy (non-hydrogen) atoms. The molecule has 1 N–H and O–H groups in total. The Morgan fingerprint density at radius 1 is 1.24 bits per heavy atom. The highest BCUT2D eigenvalue weighted by atomic mass is 32.2. The van der Waals surface area contributed by atoms with E-state index in [4.69, 9.17) is 4.42 Å². The summed E-state index contributed by atoms with van der Waals surface area (Å²) in [6.45, 7) is 5.37. The highest BCUT2D eigenvalue weighted by Crippen LogP contribution is 2.31. The monoisotopic (exact) mass is 303 g/mol. The highest BCUT2D eigenvalue weighted by Gasteiger charge is 2.24. The Hall–Kier alpha value is -0.930. The first-order valence-electron chi connectivity index (χ1n) is 8.16. The van der Waals surface area contributed by atoms with E-state index in [2.05, 4.69) is 49.1 Å². The van der Waals surface area contributed by atoms with Crippen molar-refractivity contribution in [1.29, 1.82) is 0 Å². The average Bonchev–Trinajstić information content (AvgIpc) is 3.09. The number of thioether (sulfide) groups is 1. The van der Waals surface area contributed by atoms with Crippen LogP contribution in [0.5, 0.6) is 0 Å². The van der Waals surface area contributed by atoms with Gasteiger partial charge in [-0.25, -0.2) is 0 Å². The number of aryl methyl sites for hydroxylation is 1. The number of fused-ring (bicyclic) bond motifs is 1. The summed E-state index contributed by atoms with van der Waals surface area (Å²) in [4.78, 5) is 0. The lowest BCUT2D eigenvalue weighted by molar-refractivity contribution is 0.508. The first kappa shape index (κ1) is 15.0. The van der Waals surface area contributed by atoms with Gasteiger partial charge in [0.15, 0.2) is 0 Å². The number of rotatable bonds is 6. The van der Waals surface area contributed by atoms with E-state index in [9.17, 15) is 0 Å². The molecule has 3 heteroatoms. The lowest BCUT2D eigenvalue weighted by Gasteiger charge is -2.13. The van der Waals surface area contributed by atoms with Crippen molar-refractivity contribution in [3.63, 3.8) is 0 Å². The molecule has 3 rings (SSSR count). The summed E-state index contributed by atoms with van der Waals surface area (Å²) in [5.74, 6) is 2.38. The third kappa shape index (κ3) is 3.29. The molecule has 0 aliphatic heterocycles. The average molecular weight is 303 g/mol. The maximum absolute atomic E-state index is 5.98. The number of para-hydroxylation sites is 1. The SMILES string of the molecule is CCSC1CCC(NCc2c(CC)oc3ccccc23)C1. The molecule has 0 amide bonds. The van der Waals surface area contributed by atoms with Crippen LogP contribution in [-0.4, -0.2) is 17.0 Å². The van der Waals surface area contributed by atoms with Gasteiger partial charge in [0.25, 0.3) is 0 Å². The molecule has 0 bridgehead atoms. The van der Waals surface area contributed by atoms with Crippen molar-refractivity contribution in [1.82, 2.24) is 5.32 Å². The lowest BCUT2D eigenvalue weighted by atomic mass is 10.1. The van der Waals surface area contributed by atoms with Gasteiger partial charge in [-0.15, -0.1) is 0 Å². The summed E-state index contributed by atoms with van der Waals surface area (Å²) in [5, 5.41) is 5.90. The summed E-state index contributed by atoms with van der Waals surface area (Å²) in [5.41, 5.74) is 2.39. The van der Waals surface area contributed by atoms with E-state index in [1.54, 1.807) is 0 Å². The van der Waals surface area contributed by atoms with E-state index in [-0.39, 0.29) is 0 Å². The van der Waals surface area contributed by atoms with Crippen LogP contribution in [0.2, 0.25) is 0 Å². The standard InChI is InChI=1S/C18H25NOS/c1-3-17-16(15-7-5-6-8-18(15)20-17)12-19-13-9-10-14(11-13)21-4-2/h5-8,13-14,19H,3-4,9-12H2,1-2H3. The minimum Gasteiger partial charge on any atom is -0.461 e. The highest BCUT2D eigenvalue weighted by molar-refractivity contribution is 7.99. The van der Waals surface area contributed by atoms with Crippen molar-refractivity contribution in [2.75, 3.05) is 5.75 Å². The zero-order valence-electron chi connectivity index (χ0n) is 13.0. The third-order valence-corrected chi connectivity index (χ3v) is 5.69. The van der Waals surface area contributed by atoms with Gasteiger partial charge in [-0.1, -0.05) is 32.0 Å². The van der Waals surface area contributed by atoms with E-state index in [0.29, 0.717) is 6.04 Å². The van der Waals surface area contributed by atoms with Gasteiger partial charge in [-0.2, -0.15) is 11.8 Å². The fraction of sp³-hybridized carbons (Fsp3) is 0.556. The van der Waals surface area contributed by atoms with Crippen LogP contribution in [0.25, 0.3) is 11.0 Å². The molecular weight excluding hydrogens is 278 g/mol. The molecule has 1 aliphatic rings. The van der Waals surface area contributed by atoms with Crippen LogP contribution in [0.15, 0.2) is 28.7 Å². The van der Waals surface area contributed by atoms with Crippen LogP contribution in [-0.2, 0) is 13.0 Å². The van der Waals surface area contributed by atoms with Crippen molar-refractivity contribution in [2.24, 2.45) is 0 Å². The zero-order valence-corrected chi connectivity index (χ0v) is 13.8. The Morgan fingerprint density at radius 2 is 2.10 bits per heavy atom. The van der Waals surface area contributed by atoms with E-state index in [0.717, 1.165) is 29.6 Å². The molecular formula is C18H25NOS. The molecule has 0 radical (unpaired) electrons. The van der Waals surface area contributed by atoms with Crippen molar-refractivity contribution in [3.8, 4) is 0 Å². The minimum atomic E-state index is 0.674. The van der Waals surface area contributed by atoms with Crippen molar-refractivity contribution in [2.45, 2.75) is 57.4 Å². The van der Waals surface area contributed by atoms with Crippen LogP contribution in [0.3, 0.4) is 0 Å². The van der Waals surface area contributed by atoms with Gasteiger partial charge in [0.05, 0.1) is 0 Å². The topological polar surface area (TPSA) is 25.2 Å². The van der Waals surface area contributed by atoms with Gasteiger partial charge in [0, 0.05) is 35.2 Å². The summed E-state index contributed by atoms with van der Waals surface area (Å²) in [7, 11) is 0. The Kier molecular flexibility index (Phi) is 4.91. The quantitative estimate of drug-likeness (QED) is 0.833. The van der Waals surface area contributed by atoms with Crippen molar-refractivity contribution < 1.29 is 4.42 Å². The van der Waals surface area contributed by atoms with Crippen molar-refractivity contribution in [3.05, 3.63) is 35.6 Å². The van der Waals surface area contributed by atoms with Gasteiger partial charge in [-0.3, -0.25) is 0 Å². The predicted octanol–water partition coefficient (Wildman–Crippen LogP) is 4.76. The second-order valence-electron chi connectivity index (χ2n) is 5.82. The normalized spacial score (nSPS) is 22.2. The summed E-state index contributed by atoms with van der Waals surface area (Å²) in [6, 6.07) is 9.07. The maximum atomic E-state index is 5.98. The number of benzene rings is 1. The summed E-state index contributed by atoms with van der Waals surface area (Å²) < 4.78 is 5.98. The molecule has 2 atom stereocenters. The molecule has 1 aliphatic carbocycles. The molecule has 1 aromatic carbocycles. The molecule has 114 valence electrons. The van der Waals surface area contributed by atoms with E-state index in [1.165, 1.54) is 36.0 Å². The Bertz CT molecular complexity index is 592. The second-order valence-corrected chi connectivity index (χ2v) is 7.40. The minimum absolute atomic E-state index is 0.674. The largest absolute Gasteiger partial charge is 0.461 e. The van der Waals surface area contributed by atoms with E-state index < -0.39 is 0 Å². The Balaban J connectivity index is 1.68. The van der Waals surface area contributed by atoms with Gasteiger partial charge >= 0.3 is 0 Å². The Labute approximate surface area is 131 Å². The second kappa shape index (κ2) is 6.89. The number of furan rings is 1. The van der Waals surface area contributed by atoms with Crippen LogP contribution >= 0.6 is 11.8 Å². The van der Waals surface area contributed by atoms with Crippen LogP contribution in [0.4, 0.5) is 0 Å². The molecule has 0 spiro atoms. The fourth-order valence-electron chi connectivity index (χ4n) is 3.39. The predicted molar refractivity (Wildman–Crippen MR) is 92.0 cm³/mol. The molecule has 1 aromatic heterocycles. The number of hydrogen-bond donors (Lipinski definition) is 1. The molecule has 1 saturated carbocycles. The molecule has 0 saturated heterocycles. The smallest absolute Gasteiger partial charge is 0.134 e. The van der Waals surface area contributed by atoms with Gasteiger partial charge in [0.1, 0.15) is 11.3 Å². The Morgan fingerprint density at radius 3 is 2.90 bits per heavy atom. The maximum Gasteiger partial charge on any atom is 0.134 e. The number of nitrogens with one attached hydrogen (secondary N) is 1. The van der Waals surface area contributed by atoms with Crippen LogP contribution in [0.1, 0.15) is 44.4 Å². The lowest BCUT2D eigenvalue weighted by Crippen LogP contribution is -2.26. The summed E-state index contributed by atoms with van der Waals surface area (Å²) in [6.07, 6.45) is 4.96. The molecule has 2 unspecified atom stereocenters.